The van der Waals surface area contributed by atoms with Crippen molar-refractivity contribution in [2.24, 2.45) is 7.05 Å². The van der Waals surface area contributed by atoms with Crippen LogP contribution in [0.5, 0.6) is 0 Å². The molecule has 2 amide bonds. The number of fused-ring (bicyclic) bond motifs is 2. The molecule has 29 heavy (non-hydrogen) atoms. The largest absolute Gasteiger partial charge is 0.356 e. The number of anilines is 2. The van der Waals surface area contributed by atoms with Gasteiger partial charge in [0.2, 0.25) is 11.8 Å². The Bertz CT molecular complexity index is 1220. The van der Waals surface area contributed by atoms with Crippen LogP contribution < -0.4 is 10.6 Å². The SMILES string of the molecule is Cn1nc(NC(=O)Cc2noc3ccccc23)c2c1NC(=O)CC2c1cccs1. The summed E-state index contributed by atoms with van der Waals surface area (Å²) in [5.41, 5.74) is 2.05. The van der Waals surface area contributed by atoms with E-state index in [0.29, 0.717) is 29.3 Å². The van der Waals surface area contributed by atoms with Crippen LogP contribution in [0, 0.1) is 0 Å². The molecule has 5 rings (SSSR count). The lowest BCUT2D eigenvalue weighted by Crippen LogP contribution is -2.25. The molecule has 0 bridgehead atoms. The molecule has 0 spiro atoms. The first kappa shape index (κ1) is 17.6. The molecule has 0 saturated carbocycles. The van der Waals surface area contributed by atoms with Gasteiger partial charge in [-0.2, -0.15) is 5.10 Å². The molecule has 0 aliphatic carbocycles. The van der Waals surface area contributed by atoms with Crippen molar-refractivity contribution in [2.75, 3.05) is 10.6 Å². The summed E-state index contributed by atoms with van der Waals surface area (Å²) < 4.78 is 6.87. The molecule has 1 aliphatic heterocycles. The van der Waals surface area contributed by atoms with Crippen LogP contribution in [-0.4, -0.2) is 26.8 Å². The van der Waals surface area contributed by atoms with Gasteiger partial charge in [-0.3, -0.25) is 14.3 Å². The summed E-state index contributed by atoms with van der Waals surface area (Å²) in [7, 11) is 1.75. The monoisotopic (exact) mass is 407 g/mol. The Labute approximate surface area is 169 Å². The molecule has 0 saturated heterocycles. The van der Waals surface area contributed by atoms with Crippen LogP contribution >= 0.6 is 11.3 Å². The predicted molar refractivity (Wildman–Crippen MR) is 109 cm³/mol. The summed E-state index contributed by atoms with van der Waals surface area (Å²) in [4.78, 5) is 26.0. The van der Waals surface area contributed by atoms with E-state index in [9.17, 15) is 9.59 Å². The predicted octanol–water partition coefficient (Wildman–Crippen LogP) is 3.28. The lowest BCUT2D eigenvalue weighted by Gasteiger charge is -2.22. The minimum atomic E-state index is -0.244. The molecule has 1 aliphatic rings. The second-order valence-electron chi connectivity index (χ2n) is 6.91. The van der Waals surface area contributed by atoms with Crippen LogP contribution in [0.2, 0.25) is 0 Å². The van der Waals surface area contributed by atoms with E-state index in [4.69, 9.17) is 4.52 Å². The van der Waals surface area contributed by atoms with Crippen LogP contribution in [0.4, 0.5) is 11.6 Å². The molecule has 9 heteroatoms. The molecule has 1 atom stereocenters. The maximum absolute atomic E-state index is 12.7. The zero-order valence-electron chi connectivity index (χ0n) is 15.5. The molecule has 4 aromatic rings. The summed E-state index contributed by atoms with van der Waals surface area (Å²) in [6.07, 6.45) is 0.383. The fourth-order valence-electron chi connectivity index (χ4n) is 3.71. The maximum Gasteiger partial charge on any atom is 0.231 e. The Morgan fingerprint density at radius 2 is 2.21 bits per heavy atom. The van der Waals surface area contributed by atoms with Crippen LogP contribution in [-0.2, 0) is 23.1 Å². The Morgan fingerprint density at radius 3 is 3.03 bits per heavy atom. The Kier molecular flexibility index (Phi) is 4.17. The molecule has 3 aromatic heterocycles. The highest BCUT2D eigenvalue weighted by Gasteiger charge is 2.34. The fourth-order valence-corrected chi connectivity index (χ4v) is 4.54. The van der Waals surface area contributed by atoms with Crippen molar-refractivity contribution < 1.29 is 14.1 Å². The third kappa shape index (κ3) is 3.09. The van der Waals surface area contributed by atoms with Gasteiger partial charge in [-0.15, -0.1) is 11.3 Å². The summed E-state index contributed by atoms with van der Waals surface area (Å²) >= 11 is 1.58. The number of benzene rings is 1. The van der Waals surface area contributed by atoms with Gasteiger partial charge in [-0.05, 0) is 23.6 Å². The van der Waals surface area contributed by atoms with Gasteiger partial charge in [0, 0.05) is 35.2 Å². The number of aromatic nitrogens is 3. The van der Waals surface area contributed by atoms with Crippen LogP contribution in [0.15, 0.2) is 46.3 Å². The van der Waals surface area contributed by atoms with Crippen molar-refractivity contribution in [2.45, 2.75) is 18.8 Å². The second kappa shape index (κ2) is 6.85. The van der Waals surface area contributed by atoms with Gasteiger partial charge in [0.05, 0.1) is 6.42 Å². The van der Waals surface area contributed by atoms with Crippen LogP contribution in [0.3, 0.4) is 0 Å². The van der Waals surface area contributed by atoms with Gasteiger partial charge < -0.3 is 15.2 Å². The van der Waals surface area contributed by atoms with E-state index in [-0.39, 0.29) is 24.2 Å². The average molecular weight is 407 g/mol. The van der Waals surface area contributed by atoms with E-state index in [1.807, 2.05) is 41.8 Å². The number of nitrogens with one attached hydrogen (secondary N) is 2. The highest BCUT2D eigenvalue weighted by molar-refractivity contribution is 7.10. The number of carbonyl (C=O) groups excluding carboxylic acids is 2. The van der Waals surface area contributed by atoms with Crippen molar-refractivity contribution in [3.8, 4) is 0 Å². The number of nitrogens with zero attached hydrogens (tertiary/aromatic N) is 3. The summed E-state index contributed by atoms with van der Waals surface area (Å²) in [5.74, 6) is 0.619. The summed E-state index contributed by atoms with van der Waals surface area (Å²) in [5, 5.41) is 17.0. The van der Waals surface area contributed by atoms with E-state index in [1.165, 1.54) is 0 Å². The van der Waals surface area contributed by atoms with Gasteiger partial charge in [0.1, 0.15) is 11.5 Å². The Balaban J connectivity index is 1.45. The lowest BCUT2D eigenvalue weighted by atomic mass is 9.92. The van der Waals surface area contributed by atoms with E-state index in [1.54, 1.807) is 23.1 Å². The van der Waals surface area contributed by atoms with Crippen LogP contribution in [0.1, 0.15) is 28.5 Å². The normalized spacial score (nSPS) is 15.9. The number of aryl methyl sites for hydroxylation is 1. The zero-order chi connectivity index (χ0) is 20.0. The molecule has 8 nitrogen and oxygen atoms in total. The van der Waals surface area contributed by atoms with Crippen LogP contribution in [0.25, 0.3) is 11.0 Å². The molecule has 146 valence electrons. The zero-order valence-corrected chi connectivity index (χ0v) is 16.3. The molecule has 1 unspecified atom stereocenters. The van der Waals surface area contributed by atoms with E-state index in [2.05, 4.69) is 20.9 Å². The van der Waals surface area contributed by atoms with Gasteiger partial charge in [-0.25, -0.2) is 0 Å². The molecule has 0 radical (unpaired) electrons. The first-order chi connectivity index (χ1) is 14.1. The first-order valence-electron chi connectivity index (χ1n) is 9.13. The topological polar surface area (TPSA) is 102 Å². The van der Waals surface area contributed by atoms with Gasteiger partial charge >= 0.3 is 0 Å². The van der Waals surface area contributed by atoms with Crippen molar-refractivity contribution in [3.63, 3.8) is 0 Å². The van der Waals surface area contributed by atoms with Gasteiger partial charge in [0.15, 0.2) is 11.4 Å². The fraction of sp³-hybridized carbons (Fsp3) is 0.200. The number of thiophene rings is 1. The molecule has 2 N–H and O–H groups in total. The number of carbonyl (C=O) groups is 2. The number of rotatable bonds is 4. The number of hydrogen-bond donors (Lipinski definition) is 2. The average Bonchev–Trinajstić information content (AvgIpc) is 3.43. The standard InChI is InChI=1S/C20H17N5O3S/c1-25-20-18(12(9-16(26)22-20)15-7-4-8-29-15)19(23-25)21-17(27)10-13-11-5-2-3-6-14(11)28-24-13/h2-8,12H,9-10H2,1H3,(H,22,26)(H,21,23,27). The van der Waals surface area contributed by atoms with Crippen molar-refractivity contribution in [1.29, 1.82) is 0 Å². The minimum absolute atomic E-state index is 0.0640. The smallest absolute Gasteiger partial charge is 0.231 e. The molecular formula is C20H17N5O3S. The van der Waals surface area contributed by atoms with Gasteiger partial charge in [0.25, 0.3) is 0 Å². The second-order valence-corrected chi connectivity index (χ2v) is 7.88. The lowest BCUT2D eigenvalue weighted by molar-refractivity contribution is -0.117. The third-order valence-corrected chi connectivity index (χ3v) is 5.99. The van der Waals surface area contributed by atoms with E-state index in [0.717, 1.165) is 15.8 Å². The van der Waals surface area contributed by atoms with E-state index < -0.39 is 0 Å². The van der Waals surface area contributed by atoms with Gasteiger partial charge in [-0.1, -0.05) is 23.4 Å². The summed E-state index contributed by atoms with van der Waals surface area (Å²) in [6.45, 7) is 0. The highest BCUT2D eigenvalue weighted by Crippen LogP contribution is 2.42. The Hall–Kier alpha value is -3.46. The molecule has 4 heterocycles. The Morgan fingerprint density at radius 1 is 1.34 bits per heavy atom. The molecular weight excluding hydrogens is 390 g/mol. The van der Waals surface area contributed by atoms with E-state index >= 15 is 0 Å². The van der Waals surface area contributed by atoms with Crippen molar-refractivity contribution in [1.82, 2.24) is 14.9 Å². The first-order valence-corrected chi connectivity index (χ1v) is 10.0. The number of amides is 2. The number of para-hydroxylation sites is 1. The quantitative estimate of drug-likeness (QED) is 0.541. The maximum atomic E-state index is 12.7. The van der Waals surface area contributed by atoms with Crippen molar-refractivity contribution in [3.05, 3.63) is 57.9 Å². The molecule has 0 fully saturated rings. The van der Waals surface area contributed by atoms with Crippen molar-refractivity contribution >= 4 is 45.8 Å². The minimum Gasteiger partial charge on any atom is -0.356 e. The number of hydrogen-bond acceptors (Lipinski definition) is 6. The summed E-state index contributed by atoms with van der Waals surface area (Å²) in [6, 6.07) is 11.4. The molecule has 1 aromatic carbocycles. The third-order valence-electron chi connectivity index (χ3n) is 5.00. The highest BCUT2D eigenvalue weighted by atomic mass is 32.1.